The number of nitriles is 1. The summed E-state index contributed by atoms with van der Waals surface area (Å²) in [5, 5.41) is 17.8. The third-order valence-corrected chi connectivity index (χ3v) is 3.15. The van der Waals surface area contributed by atoms with Crippen LogP contribution in [0.15, 0.2) is 34.3 Å². The van der Waals surface area contributed by atoms with Crippen LogP contribution in [0.1, 0.15) is 11.1 Å². The number of nitrogens with zero attached hydrogens (tertiary/aromatic N) is 1. The first kappa shape index (κ1) is 14.3. The summed E-state index contributed by atoms with van der Waals surface area (Å²) in [6, 6.07) is 8.87. The number of hydrogen-bond acceptors (Lipinski definition) is 6. The van der Waals surface area contributed by atoms with Crippen LogP contribution in [0, 0.1) is 23.7 Å². The van der Waals surface area contributed by atoms with Gasteiger partial charge in [0.25, 0.3) is 0 Å². The first-order valence-corrected chi connectivity index (χ1v) is 6.06. The highest BCUT2D eigenvalue weighted by molar-refractivity contribution is 6.01. The number of aryl methyl sites for hydroxylation is 1. The molecule has 1 aromatic heterocycles. The van der Waals surface area contributed by atoms with Crippen LogP contribution in [0.3, 0.4) is 0 Å². The van der Waals surface area contributed by atoms with Crippen molar-refractivity contribution in [1.82, 2.24) is 0 Å². The molecule has 0 bridgehead atoms. The third-order valence-electron chi connectivity index (χ3n) is 3.15. The number of nitrogens with one attached hydrogen (secondary N) is 1. The Morgan fingerprint density at radius 3 is 2.71 bits per heavy atom. The van der Waals surface area contributed by atoms with Gasteiger partial charge in [-0.15, -0.1) is 0 Å². The van der Waals surface area contributed by atoms with Crippen LogP contribution >= 0.6 is 0 Å². The average Bonchev–Trinajstić information content (AvgIpc) is 2.47. The van der Waals surface area contributed by atoms with Gasteiger partial charge in [0.15, 0.2) is 5.57 Å². The maximum Gasteiger partial charge on any atom is 0.350 e. The second kappa shape index (κ2) is 5.51. The van der Waals surface area contributed by atoms with Gasteiger partial charge in [-0.2, -0.15) is 5.26 Å². The first-order chi connectivity index (χ1) is 10.0. The number of hydrogen-bond donors (Lipinski definition) is 2. The maximum atomic E-state index is 11.6. The van der Waals surface area contributed by atoms with Gasteiger partial charge < -0.3 is 14.9 Å². The summed E-state index contributed by atoms with van der Waals surface area (Å²) in [6.45, 7) is 1.75. The normalized spacial score (nSPS) is 11.7. The van der Waals surface area contributed by atoms with Crippen molar-refractivity contribution >= 4 is 22.6 Å². The van der Waals surface area contributed by atoms with Crippen LogP contribution in [0.4, 0.5) is 0 Å². The van der Waals surface area contributed by atoms with Gasteiger partial charge in [-0.05, 0) is 18.6 Å². The van der Waals surface area contributed by atoms with Crippen LogP contribution in [-0.2, 0) is 9.53 Å². The monoisotopic (exact) mass is 283 g/mol. The quantitative estimate of drug-likeness (QED) is 0.493. The van der Waals surface area contributed by atoms with E-state index < -0.39 is 5.97 Å². The van der Waals surface area contributed by atoms with Crippen LogP contribution < -0.4 is 11.3 Å². The molecule has 6 nitrogen and oxygen atoms in total. The summed E-state index contributed by atoms with van der Waals surface area (Å²) in [4.78, 5) is 11.6. The molecule has 0 saturated heterocycles. The number of carbonyl (C=O) groups excluding carboxylic acids is 1. The fourth-order valence-corrected chi connectivity index (χ4v) is 2.10. The number of rotatable bonds is 2. The Labute approximate surface area is 120 Å². The summed E-state index contributed by atoms with van der Waals surface area (Å²) >= 11 is 0. The number of nitrogens with two attached hydrogens (primary N) is 1. The van der Waals surface area contributed by atoms with Gasteiger partial charge in [-0.1, -0.05) is 18.2 Å². The van der Waals surface area contributed by atoms with Crippen molar-refractivity contribution in [2.45, 2.75) is 6.92 Å². The van der Waals surface area contributed by atoms with E-state index in [0.717, 1.165) is 12.5 Å². The second-order valence-corrected chi connectivity index (χ2v) is 4.32. The van der Waals surface area contributed by atoms with Gasteiger partial charge in [0.05, 0.1) is 18.4 Å². The molecule has 0 radical (unpaired) electrons. The van der Waals surface area contributed by atoms with Gasteiger partial charge in [0.1, 0.15) is 11.7 Å². The number of benzene rings is 1. The zero-order chi connectivity index (χ0) is 15.6. The largest absolute Gasteiger partial charge is 0.465 e. The highest BCUT2D eigenvalue weighted by Crippen LogP contribution is 2.23. The molecule has 1 aromatic carbocycles. The smallest absolute Gasteiger partial charge is 0.350 e. The van der Waals surface area contributed by atoms with E-state index in [1.165, 1.54) is 0 Å². The van der Waals surface area contributed by atoms with Crippen molar-refractivity contribution in [1.29, 1.82) is 10.7 Å². The Kier molecular flexibility index (Phi) is 3.76. The number of carbonyl (C=O) groups is 1. The molecule has 1 heterocycles. The molecule has 106 valence electrons. The van der Waals surface area contributed by atoms with Crippen molar-refractivity contribution in [3.8, 4) is 6.07 Å². The molecule has 0 fully saturated rings. The van der Waals surface area contributed by atoms with Crippen LogP contribution in [0.2, 0.25) is 0 Å². The van der Waals surface area contributed by atoms with Crippen molar-refractivity contribution in [3.63, 3.8) is 0 Å². The molecule has 0 amide bonds. The molecule has 0 aliphatic carbocycles. The predicted octanol–water partition coefficient (Wildman–Crippen LogP) is 1.59. The molecule has 21 heavy (non-hydrogen) atoms. The molecule has 0 atom stereocenters. The molecule has 0 spiro atoms. The number of para-hydroxylation sites is 1. The molecule has 0 aliphatic heterocycles. The molecular weight excluding hydrogens is 270 g/mol. The number of esters is 1. The molecule has 2 rings (SSSR count). The van der Waals surface area contributed by atoms with E-state index in [-0.39, 0.29) is 22.4 Å². The summed E-state index contributed by atoms with van der Waals surface area (Å²) in [7, 11) is 1.16. The lowest BCUT2D eigenvalue weighted by atomic mass is 10.0. The van der Waals surface area contributed by atoms with Crippen molar-refractivity contribution in [2.24, 2.45) is 5.73 Å². The Balaban J connectivity index is 2.84. The topological polar surface area (TPSA) is 113 Å². The molecule has 2 aromatic rings. The summed E-state index contributed by atoms with van der Waals surface area (Å²) in [6.07, 6.45) is 0. The van der Waals surface area contributed by atoms with Gasteiger partial charge in [-0.25, -0.2) is 4.79 Å². The van der Waals surface area contributed by atoms with Gasteiger partial charge in [-0.3, -0.25) is 5.41 Å². The molecule has 0 unspecified atom stereocenters. The van der Waals surface area contributed by atoms with Crippen molar-refractivity contribution in [3.05, 3.63) is 46.5 Å². The van der Waals surface area contributed by atoms with E-state index >= 15 is 0 Å². The Morgan fingerprint density at radius 2 is 2.10 bits per heavy atom. The van der Waals surface area contributed by atoms with E-state index in [0.29, 0.717) is 11.1 Å². The standard InChI is InChI=1S/C15H13N3O3/c1-8-9-5-3-4-6-11(9)21-14(18)12(8)13(17)10(7-16)15(19)20-2/h3-6,18H,17H2,1-2H3/b13-10-,18-14?. The van der Waals surface area contributed by atoms with Crippen LogP contribution in [0.25, 0.3) is 16.7 Å². The zero-order valence-corrected chi connectivity index (χ0v) is 11.6. The van der Waals surface area contributed by atoms with E-state index in [1.807, 2.05) is 12.1 Å². The van der Waals surface area contributed by atoms with Gasteiger partial charge >= 0.3 is 5.97 Å². The fourth-order valence-electron chi connectivity index (χ4n) is 2.10. The molecule has 3 N–H and O–H groups in total. The van der Waals surface area contributed by atoms with E-state index in [9.17, 15) is 4.79 Å². The molecular formula is C15H13N3O3. The average molecular weight is 283 g/mol. The third kappa shape index (κ3) is 2.37. The van der Waals surface area contributed by atoms with Crippen LogP contribution in [-0.4, -0.2) is 13.1 Å². The number of methoxy groups -OCH3 is 1. The second-order valence-electron chi connectivity index (χ2n) is 4.32. The lowest BCUT2D eigenvalue weighted by Crippen LogP contribution is -2.18. The van der Waals surface area contributed by atoms with Crippen molar-refractivity contribution < 1.29 is 13.9 Å². The minimum Gasteiger partial charge on any atom is -0.465 e. The van der Waals surface area contributed by atoms with Crippen molar-refractivity contribution in [2.75, 3.05) is 7.11 Å². The number of fused-ring (bicyclic) bond motifs is 1. The molecule has 6 heteroatoms. The predicted molar refractivity (Wildman–Crippen MR) is 75.5 cm³/mol. The Hall–Kier alpha value is -3.07. The van der Waals surface area contributed by atoms with E-state index in [4.69, 9.17) is 20.8 Å². The highest BCUT2D eigenvalue weighted by atomic mass is 16.5. The van der Waals surface area contributed by atoms with E-state index in [1.54, 1.807) is 25.1 Å². The zero-order valence-electron chi connectivity index (χ0n) is 11.6. The van der Waals surface area contributed by atoms with Crippen LogP contribution in [0.5, 0.6) is 0 Å². The Morgan fingerprint density at radius 1 is 1.43 bits per heavy atom. The Bertz CT molecular complexity index is 857. The minimum atomic E-state index is -0.845. The minimum absolute atomic E-state index is 0.124. The highest BCUT2D eigenvalue weighted by Gasteiger charge is 2.19. The fraction of sp³-hybridized carbons (Fsp3) is 0.133. The SMILES string of the molecule is COC(=O)/C(C#N)=C(\N)c1c(C)c2ccccc2oc1=N. The maximum absolute atomic E-state index is 11.6. The van der Waals surface area contributed by atoms with E-state index in [2.05, 4.69) is 4.74 Å². The summed E-state index contributed by atoms with van der Waals surface area (Å²) < 4.78 is 9.92. The lowest BCUT2D eigenvalue weighted by Gasteiger charge is -2.10. The summed E-state index contributed by atoms with van der Waals surface area (Å²) in [5.41, 5.74) is 6.63. The van der Waals surface area contributed by atoms with Gasteiger partial charge in [0.2, 0.25) is 5.55 Å². The molecule has 0 saturated carbocycles. The van der Waals surface area contributed by atoms with Gasteiger partial charge in [0, 0.05) is 5.39 Å². The number of ether oxygens (including phenoxy) is 1. The first-order valence-electron chi connectivity index (χ1n) is 6.06. The molecule has 0 aliphatic rings. The summed E-state index contributed by atoms with van der Waals surface area (Å²) in [5.74, 6) is -0.845. The lowest BCUT2D eigenvalue weighted by molar-refractivity contribution is -0.135.